The Balaban J connectivity index is 1.17. The molecule has 0 saturated heterocycles. The highest BCUT2D eigenvalue weighted by molar-refractivity contribution is 14.1. The van der Waals surface area contributed by atoms with Crippen LogP contribution in [-0.2, 0) is 50.1 Å². The van der Waals surface area contributed by atoms with Crippen molar-refractivity contribution in [2.75, 3.05) is 26.4 Å². The molecule has 0 atom stereocenters. The molecular formula is C73H65IN4O9Si. The molecule has 13 nitrogen and oxygen atoms in total. The number of ether oxygens (including phenoxy) is 7. The Kier molecular flexibility index (Phi) is 21.8. The fourth-order valence-electron chi connectivity index (χ4n) is 10.6. The van der Waals surface area contributed by atoms with Gasteiger partial charge in [0.2, 0.25) is 0 Å². The Hall–Kier alpha value is -9.75. The summed E-state index contributed by atoms with van der Waals surface area (Å²) in [5.41, 5.74) is 7.41. The van der Waals surface area contributed by atoms with Crippen molar-refractivity contribution < 1.29 is 42.7 Å². The van der Waals surface area contributed by atoms with Crippen LogP contribution in [-0.4, -0.2) is 39.9 Å². The van der Waals surface area contributed by atoms with Gasteiger partial charge in [-0.1, -0.05) is 172 Å². The predicted molar refractivity (Wildman–Crippen MR) is 348 cm³/mol. The molecule has 0 unspecified atom stereocenters. The zero-order valence-corrected chi connectivity index (χ0v) is 52.4. The maximum Gasteiger partial charge on any atom is 0.261 e. The lowest BCUT2D eigenvalue weighted by Gasteiger charge is -2.43. The van der Waals surface area contributed by atoms with Gasteiger partial charge in [-0.2, -0.15) is 21.0 Å². The summed E-state index contributed by atoms with van der Waals surface area (Å²) >= 11 is 2.02. The van der Waals surface area contributed by atoms with Crippen molar-refractivity contribution in [1.82, 2.24) is 0 Å². The summed E-state index contributed by atoms with van der Waals surface area (Å²) in [6.07, 6.45) is 0.566. The molecule has 9 aromatic carbocycles. The molecule has 15 heteroatoms. The van der Waals surface area contributed by atoms with Gasteiger partial charge in [-0.3, -0.25) is 0 Å². The molecule has 1 N–H and O–H groups in total. The first-order valence-corrected chi connectivity index (χ1v) is 31.6. The van der Waals surface area contributed by atoms with Gasteiger partial charge in [0.05, 0.1) is 10.2 Å². The van der Waals surface area contributed by atoms with Crippen molar-refractivity contribution in [3.63, 3.8) is 0 Å². The molecule has 0 spiro atoms. The van der Waals surface area contributed by atoms with E-state index in [1.54, 1.807) is 12.1 Å². The molecule has 0 fully saturated rings. The molecule has 0 aliphatic carbocycles. The minimum Gasteiger partial charge on any atom is -0.507 e. The quantitative estimate of drug-likeness (QED) is 0.0360. The number of halogens is 1. The predicted octanol–water partition coefficient (Wildman–Crippen LogP) is 14.2. The van der Waals surface area contributed by atoms with Crippen LogP contribution < -0.4 is 43.5 Å². The zero-order chi connectivity index (χ0) is 61.7. The largest absolute Gasteiger partial charge is 0.507 e. The Morgan fingerprint density at radius 2 is 0.636 bits per heavy atom. The molecule has 9 aromatic rings. The number of hydrogen-bond donors (Lipinski definition) is 1. The van der Waals surface area contributed by atoms with Crippen LogP contribution in [0.4, 0.5) is 0 Å². The molecular weight excluding hydrogens is 1230 g/mol. The number of phenols is 1. The molecule has 9 rings (SSSR count). The minimum absolute atomic E-state index is 0.0441. The third kappa shape index (κ3) is 16.0. The summed E-state index contributed by atoms with van der Waals surface area (Å²) < 4.78 is 53.3. The molecule has 0 amide bonds. The maximum absolute atomic E-state index is 10.9. The van der Waals surface area contributed by atoms with Gasteiger partial charge in [0.15, 0.2) is 26.4 Å². The Morgan fingerprint density at radius 1 is 0.364 bits per heavy atom. The lowest BCUT2D eigenvalue weighted by atomic mass is 9.94. The number of phenolic OH excluding ortho intramolecular Hbond substituents is 1. The first-order valence-electron chi connectivity index (χ1n) is 28.6. The number of benzene rings is 9. The number of rotatable bonds is 28. The maximum atomic E-state index is 10.9. The minimum atomic E-state index is -3.07. The normalized spacial score (nSPS) is 11.0. The average molecular weight is 1300 g/mol. The molecule has 442 valence electrons. The van der Waals surface area contributed by atoms with Gasteiger partial charge < -0.3 is 42.7 Å². The summed E-state index contributed by atoms with van der Waals surface area (Å²) in [5, 5.41) is 52.3. The van der Waals surface area contributed by atoms with E-state index in [0.717, 1.165) is 27.1 Å². The van der Waals surface area contributed by atoms with Gasteiger partial charge in [0, 0.05) is 58.2 Å². The van der Waals surface area contributed by atoms with Crippen molar-refractivity contribution in [1.29, 1.82) is 21.0 Å². The number of nitrogens with zero attached hydrogens (tertiary/aromatic N) is 4. The standard InChI is InChI=1S/C73H65IN4O9Si/c1-73(2,3)88(62-25-15-7-16-26-62,63-27-17-8-18-28-63)87-51-61-46-70(86-50-54-23-13-6-14-24-54)60(45-71(61)82-35-31-77)39-57-44-69(85-49-53-21-11-5-12-22-53)59(42-67(57)81-34-30-76)38-56-43-68(84-48-52-19-9-4-10-20-52)58(41-66(56)80-33-29-75)37-55-40-65(79)64(74)47-72(55)83-36-32-78/h4-28,40-47,79H,33-39,48-51H2,1-3H3. The van der Waals surface area contributed by atoms with Gasteiger partial charge in [0.1, 0.15) is 90.1 Å². The molecule has 0 aromatic heterocycles. The topological polar surface area (TPSA) is 189 Å². The van der Waals surface area contributed by atoms with E-state index in [4.69, 9.17) is 37.6 Å². The van der Waals surface area contributed by atoms with Crippen LogP contribution in [0.15, 0.2) is 200 Å². The van der Waals surface area contributed by atoms with Crippen molar-refractivity contribution >= 4 is 41.3 Å². The van der Waals surface area contributed by atoms with E-state index in [1.807, 2.05) is 192 Å². The first kappa shape index (κ1) is 62.8. The van der Waals surface area contributed by atoms with Gasteiger partial charge in [-0.05, 0) is 103 Å². The second-order valence-electron chi connectivity index (χ2n) is 21.7. The summed E-state index contributed by atoms with van der Waals surface area (Å²) in [4.78, 5) is 0. The summed E-state index contributed by atoms with van der Waals surface area (Å²) in [5.74, 6) is 3.24. The van der Waals surface area contributed by atoms with Crippen LogP contribution in [0.2, 0.25) is 5.04 Å². The Bertz CT molecular complexity index is 3940. The molecule has 0 saturated carbocycles. The van der Waals surface area contributed by atoms with Gasteiger partial charge in [0.25, 0.3) is 8.32 Å². The summed E-state index contributed by atoms with van der Waals surface area (Å²) in [7, 11) is -3.07. The highest BCUT2D eigenvalue weighted by Crippen LogP contribution is 2.43. The van der Waals surface area contributed by atoms with Crippen molar-refractivity contribution in [3.05, 3.63) is 259 Å². The van der Waals surface area contributed by atoms with Crippen LogP contribution in [0.1, 0.15) is 76.4 Å². The summed E-state index contributed by atoms with van der Waals surface area (Å²) in [6.45, 7) is 6.46. The second kappa shape index (κ2) is 30.5. The average Bonchev–Trinajstić information content (AvgIpc) is 1.13. The van der Waals surface area contributed by atoms with Crippen LogP contribution in [0.3, 0.4) is 0 Å². The Morgan fingerprint density at radius 3 is 0.955 bits per heavy atom. The van der Waals surface area contributed by atoms with Crippen LogP contribution >= 0.6 is 22.6 Å². The third-order valence-electron chi connectivity index (χ3n) is 14.7. The van der Waals surface area contributed by atoms with Gasteiger partial charge >= 0.3 is 0 Å². The lowest BCUT2D eigenvalue weighted by Crippen LogP contribution is -2.66. The molecule has 0 bridgehead atoms. The van der Waals surface area contributed by atoms with Gasteiger partial charge in [-0.25, -0.2) is 0 Å². The molecule has 0 aliphatic heterocycles. The fraction of sp³-hybridized carbons (Fsp3) is 0.205. The van der Waals surface area contributed by atoms with E-state index in [9.17, 15) is 26.2 Å². The second-order valence-corrected chi connectivity index (χ2v) is 27.2. The SMILES string of the molecule is CC(C)(C)[Si](OCc1cc(OCc2ccccc2)c(Cc2cc(OCc3ccccc3)c(Cc3cc(OCc4ccccc4)c(Cc4cc(O)c(I)cc4OCC#N)cc3OCC#N)cc2OCC#N)cc1OCC#N)(c1ccccc1)c1ccccc1. The van der Waals surface area contributed by atoms with Crippen molar-refractivity contribution in [2.24, 2.45) is 0 Å². The lowest BCUT2D eigenvalue weighted by molar-refractivity contribution is 0.270. The van der Waals surface area contributed by atoms with Crippen molar-refractivity contribution in [3.8, 4) is 70.3 Å². The third-order valence-corrected chi connectivity index (χ3v) is 20.6. The van der Waals surface area contributed by atoms with Gasteiger partial charge in [-0.15, -0.1) is 0 Å². The van der Waals surface area contributed by atoms with E-state index in [-0.39, 0.29) is 82.9 Å². The molecule has 0 heterocycles. The fourth-order valence-corrected chi connectivity index (χ4v) is 15.6. The Labute approximate surface area is 529 Å². The van der Waals surface area contributed by atoms with E-state index in [2.05, 4.69) is 63.2 Å². The first-order chi connectivity index (χ1) is 42.9. The van der Waals surface area contributed by atoms with Crippen LogP contribution in [0.25, 0.3) is 0 Å². The van der Waals surface area contributed by atoms with Crippen LogP contribution in [0, 0.1) is 48.9 Å². The number of aromatic hydroxyl groups is 1. The zero-order valence-electron chi connectivity index (χ0n) is 49.2. The summed E-state index contributed by atoms with van der Waals surface area (Å²) in [6, 6.07) is 73.4. The smallest absolute Gasteiger partial charge is 0.261 e. The van der Waals surface area contributed by atoms with E-state index < -0.39 is 8.32 Å². The van der Waals surface area contributed by atoms with E-state index in [1.165, 1.54) is 0 Å². The molecule has 0 radical (unpaired) electrons. The monoisotopic (exact) mass is 1300 g/mol. The highest BCUT2D eigenvalue weighted by atomic mass is 127. The molecule has 88 heavy (non-hydrogen) atoms. The van der Waals surface area contributed by atoms with Crippen molar-refractivity contribution in [2.45, 2.75) is 71.5 Å². The van der Waals surface area contributed by atoms with E-state index >= 15 is 0 Å². The highest BCUT2D eigenvalue weighted by Gasteiger charge is 2.50. The molecule has 0 aliphatic rings. The number of hydrogen-bond acceptors (Lipinski definition) is 13. The van der Waals surface area contributed by atoms with Crippen LogP contribution in [0.5, 0.6) is 46.0 Å². The number of nitriles is 4. The van der Waals surface area contributed by atoms with E-state index in [0.29, 0.717) is 82.8 Å².